The fraction of sp³-hybridized carbons (Fsp3) is 0.188. The molecule has 0 saturated heterocycles. The predicted molar refractivity (Wildman–Crippen MR) is 79.6 cm³/mol. The van der Waals surface area contributed by atoms with E-state index in [-0.39, 0.29) is 6.61 Å². The number of anilines is 1. The number of benzene rings is 2. The number of aryl methyl sites for hydroxylation is 1. The summed E-state index contributed by atoms with van der Waals surface area (Å²) in [6, 6.07) is 15.8. The van der Waals surface area contributed by atoms with Gasteiger partial charge in [-0.25, -0.2) is 0 Å². The third-order valence-electron chi connectivity index (χ3n) is 2.85. The lowest BCUT2D eigenvalue weighted by Crippen LogP contribution is -2.19. The minimum Gasteiger partial charge on any atom is -0.484 e. The Morgan fingerprint density at radius 1 is 1.10 bits per heavy atom. The summed E-state index contributed by atoms with van der Waals surface area (Å²) >= 11 is 0. The monoisotopic (exact) mass is 270 g/mol. The number of primary amides is 1. The number of rotatable bonds is 6. The van der Waals surface area contributed by atoms with Gasteiger partial charge in [-0.2, -0.15) is 0 Å². The molecule has 2 aromatic carbocycles. The largest absolute Gasteiger partial charge is 0.484 e. The van der Waals surface area contributed by atoms with E-state index in [2.05, 4.69) is 36.5 Å². The van der Waals surface area contributed by atoms with E-state index in [1.54, 1.807) is 0 Å². The molecular formula is C16H18N2O2. The van der Waals surface area contributed by atoms with Gasteiger partial charge < -0.3 is 15.8 Å². The Morgan fingerprint density at radius 2 is 1.75 bits per heavy atom. The maximum Gasteiger partial charge on any atom is 0.255 e. The van der Waals surface area contributed by atoms with Gasteiger partial charge in [0.1, 0.15) is 5.75 Å². The first kappa shape index (κ1) is 13.9. The predicted octanol–water partition coefficient (Wildman–Crippen LogP) is 2.47. The summed E-state index contributed by atoms with van der Waals surface area (Å²) in [5.74, 6) is 0.165. The van der Waals surface area contributed by atoms with Gasteiger partial charge in [0.25, 0.3) is 5.91 Å². The molecule has 2 aromatic rings. The van der Waals surface area contributed by atoms with Gasteiger partial charge in [-0.05, 0) is 36.8 Å². The molecule has 0 heterocycles. The average Bonchev–Trinajstić information content (AvgIpc) is 2.45. The highest BCUT2D eigenvalue weighted by molar-refractivity contribution is 5.75. The first-order valence-electron chi connectivity index (χ1n) is 6.44. The molecule has 4 heteroatoms. The SMILES string of the molecule is Cc1ccc(NCc2ccc(OCC(N)=O)cc2)cc1. The molecule has 0 fully saturated rings. The lowest BCUT2D eigenvalue weighted by atomic mass is 10.2. The van der Waals surface area contributed by atoms with Crippen LogP contribution in [0, 0.1) is 6.92 Å². The Labute approximate surface area is 118 Å². The van der Waals surface area contributed by atoms with Crippen molar-refractivity contribution in [2.24, 2.45) is 5.73 Å². The summed E-state index contributed by atoms with van der Waals surface area (Å²) < 4.78 is 5.20. The Bertz CT molecular complexity index is 562. The van der Waals surface area contributed by atoms with Crippen LogP contribution in [0.15, 0.2) is 48.5 Å². The highest BCUT2D eigenvalue weighted by Crippen LogP contribution is 2.14. The fourth-order valence-corrected chi connectivity index (χ4v) is 1.73. The average molecular weight is 270 g/mol. The van der Waals surface area contributed by atoms with E-state index in [0.717, 1.165) is 17.8 Å². The highest BCUT2D eigenvalue weighted by Gasteiger charge is 1.98. The molecule has 0 saturated carbocycles. The molecule has 2 rings (SSSR count). The molecular weight excluding hydrogens is 252 g/mol. The Balaban J connectivity index is 1.87. The van der Waals surface area contributed by atoms with Crippen LogP contribution >= 0.6 is 0 Å². The molecule has 0 radical (unpaired) electrons. The van der Waals surface area contributed by atoms with Crippen LogP contribution < -0.4 is 15.8 Å². The molecule has 0 aliphatic rings. The summed E-state index contributed by atoms with van der Waals surface area (Å²) in [6.45, 7) is 2.70. The number of hydrogen-bond donors (Lipinski definition) is 2. The van der Waals surface area contributed by atoms with Crippen molar-refractivity contribution in [3.63, 3.8) is 0 Å². The second-order valence-electron chi connectivity index (χ2n) is 4.62. The molecule has 0 bridgehead atoms. The van der Waals surface area contributed by atoms with E-state index in [1.165, 1.54) is 5.56 Å². The molecule has 0 unspecified atom stereocenters. The Kier molecular flexibility index (Phi) is 4.60. The van der Waals surface area contributed by atoms with Crippen molar-refractivity contribution in [2.75, 3.05) is 11.9 Å². The second kappa shape index (κ2) is 6.61. The molecule has 0 spiro atoms. The highest BCUT2D eigenvalue weighted by atomic mass is 16.5. The van der Waals surface area contributed by atoms with Crippen LogP contribution in [0.1, 0.15) is 11.1 Å². The third kappa shape index (κ3) is 4.31. The molecule has 0 aromatic heterocycles. The number of hydrogen-bond acceptors (Lipinski definition) is 3. The fourth-order valence-electron chi connectivity index (χ4n) is 1.73. The van der Waals surface area contributed by atoms with Gasteiger partial charge in [-0.3, -0.25) is 4.79 Å². The zero-order valence-electron chi connectivity index (χ0n) is 11.4. The first-order chi connectivity index (χ1) is 9.63. The number of nitrogens with one attached hydrogen (secondary N) is 1. The second-order valence-corrected chi connectivity index (χ2v) is 4.62. The summed E-state index contributed by atoms with van der Waals surface area (Å²) in [5, 5.41) is 3.34. The Morgan fingerprint density at radius 3 is 2.35 bits per heavy atom. The first-order valence-corrected chi connectivity index (χ1v) is 6.44. The maximum absolute atomic E-state index is 10.6. The summed E-state index contributed by atoms with van der Waals surface area (Å²) in [6.07, 6.45) is 0. The molecule has 3 N–H and O–H groups in total. The smallest absolute Gasteiger partial charge is 0.255 e. The van der Waals surface area contributed by atoms with Crippen molar-refractivity contribution < 1.29 is 9.53 Å². The quantitative estimate of drug-likeness (QED) is 0.847. The van der Waals surface area contributed by atoms with Gasteiger partial charge >= 0.3 is 0 Å². The van der Waals surface area contributed by atoms with E-state index in [9.17, 15) is 4.79 Å². The normalized spacial score (nSPS) is 10.1. The zero-order valence-corrected chi connectivity index (χ0v) is 11.4. The minimum atomic E-state index is -0.477. The molecule has 0 aliphatic heterocycles. The summed E-state index contributed by atoms with van der Waals surface area (Å²) in [7, 11) is 0. The third-order valence-corrected chi connectivity index (χ3v) is 2.85. The van der Waals surface area contributed by atoms with Gasteiger partial charge in [0.2, 0.25) is 0 Å². The van der Waals surface area contributed by atoms with Crippen LogP contribution in [-0.4, -0.2) is 12.5 Å². The van der Waals surface area contributed by atoms with E-state index in [4.69, 9.17) is 10.5 Å². The van der Waals surface area contributed by atoms with Crippen molar-refractivity contribution in [1.29, 1.82) is 0 Å². The number of nitrogens with two attached hydrogens (primary N) is 1. The lowest BCUT2D eigenvalue weighted by Gasteiger charge is -2.08. The van der Waals surface area contributed by atoms with Crippen molar-refractivity contribution in [2.45, 2.75) is 13.5 Å². The number of carbonyl (C=O) groups excluding carboxylic acids is 1. The molecule has 4 nitrogen and oxygen atoms in total. The van der Waals surface area contributed by atoms with Crippen LogP contribution in [0.25, 0.3) is 0 Å². The molecule has 104 valence electrons. The van der Waals surface area contributed by atoms with Crippen molar-refractivity contribution >= 4 is 11.6 Å². The lowest BCUT2D eigenvalue weighted by molar-refractivity contribution is -0.119. The van der Waals surface area contributed by atoms with Crippen molar-refractivity contribution in [3.05, 3.63) is 59.7 Å². The molecule has 1 amide bonds. The number of carbonyl (C=O) groups is 1. The van der Waals surface area contributed by atoms with Crippen molar-refractivity contribution in [3.8, 4) is 5.75 Å². The van der Waals surface area contributed by atoms with Gasteiger partial charge in [-0.1, -0.05) is 29.8 Å². The van der Waals surface area contributed by atoms with E-state index in [1.807, 2.05) is 24.3 Å². The van der Waals surface area contributed by atoms with E-state index >= 15 is 0 Å². The zero-order chi connectivity index (χ0) is 14.4. The molecule has 0 atom stereocenters. The van der Waals surface area contributed by atoms with Crippen LogP contribution in [-0.2, 0) is 11.3 Å². The number of amides is 1. The standard InChI is InChI=1S/C16H18N2O2/c1-12-2-6-14(7-3-12)18-10-13-4-8-15(9-5-13)20-11-16(17)19/h2-9,18H,10-11H2,1H3,(H2,17,19). The molecule has 20 heavy (non-hydrogen) atoms. The van der Waals surface area contributed by atoms with Gasteiger partial charge in [0.15, 0.2) is 6.61 Å². The summed E-state index contributed by atoms with van der Waals surface area (Å²) in [4.78, 5) is 10.6. The summed E-state index contributed by atoms with van der Waals surface area (Å²) in [5.41, 5.74) is 8.48. The van der Waals surface area contributed by atoms with Gasteiger partial charge in [0.05, 0.1) is 0 Å². The van der Waals surface area contributed by atoms with E-state index in [0.29, 0.717) is 5.75 Å². The van der Waals surface area contributed by atoms with E-state index < -0.39 is 5.91 Å². The van der Waals surface area contributed by atoms with Gasteiger partial charge in [0, 0.05) is 12.2 Å². The topological polar surface area (TPSA) is 64.3 Å². The van der Waals surface area contributed by atoms with Crippen LogP contribution in [0.2, 0.25) is 0 Å². The van der Waals surface area contributed by atoms with Crippen molar-refractivity contribution in [1.82, 2.24) is 0 Å². The number of ether oxygens (including phenoxy) is 1. The Hall–Kier alpha value is -2.49. The minimum absolute atomic E-state index is 0.0963. The van der Waals surface area contributed by atoms with Gasteiger partial charge in [-0.15, -0.1) is 0 Å². The maximum atomic E-state index is 10.6. The molecule has 0 aliphatic carbocycles. The van der Waals surface area contributed by atoms with Crippen LogP contribution in [0.4, 0.5) is 5.69 Å². The van der Waals surface area contributed by atoms with Crippen LogP contribution in [0.5, 0.6) is 5.75 Å². The van der Waals surface area contributed by atoms with Crippen LogP contribution in [0.3, 0.4) is 0 Å².